The Labute approximate surface area is 124 Å². The highest BCUT2D eigenvalue weighted by molar-refractivity contribution is 5.55. The number of nitrogens with two attached hydrogens (primary N) is 1. The minimum absolute atomic E-state index is 0.152. The Kier molecular flexibility index (Phi) is 4.73. The quantitative estimate of drug-likeness (QED) is 0.884. The average Bonchev–Trinajstić information content (AvgIpc) is 2.84. The molecule has 0 spiro atoms. The standard InChI is InChI=1S/C16H22FN3O/c1-11-8-12(10-13(17)9-11)15-19-14(21-20-15)4-5-16(2,3)6-7-18/h8-10H,4-7,18H2,1-3H3. The fourth-order valence-electron chi connectivity index (χ4n) is 2.30. The maximum atomic E-state index is 13.4. The molecule has 4 nitrogen and oxygen atoms in total. The number of benzene rings is 1. The number of nitrogens with zero attached hydrogens (tertiary/aromatic N) is 2. The summed E-state index contributed by atoms with van der Waals surface area (Å²) in [5.41, 5.74) is 7.23. The fraction of sp³-hybridized carbons (Fsp3) is 0.500. The van der Waals surface area contributed by atoms with Crippen LogP contribution in [0.4, 0.5) is 4.39 Å². The zero-order valence-electron chi connectivity index (χ0n) is 12.8. The van der Waals surface area contributed by atoms with Gasteiger partial charge in [0, 0.05) is 12.0 Å². The second-order valence-corrected chi connectivity index (χ2v) is 6.23. The van der Waals surface area contributed by atoms with Crippen molar-refractivity contribution < 1.29 is 8.91 Å². The van der Waals surface area contributed by atoms with Gasteiger partial charge in [-0.15, -0.1) is 0 Å². The third kappa shape index (κ3) is 4.36. The van der Waals surface area contributed by atoms with Crippen molar-refractivity contribution in [2.45, 2.75) is 40.0 Å². The zero-order valence-corrected chi connectivity index (χ0v) is 12.8. The van der Waals surface area contributed by atoms with E-state index in [1.165, 1.54) is 12.1 Å². The summed E-state index contributed by atoms with van der Waals surface area (Å²) in [5, 5.41) is 3.94. The van der Waals surface area contributed by atoms with E-state index in [0.29, 0.717) is 30.2 Å². The molecule has 21 heavy (non-hydrogen) atoms. The summed E-state index contributed by atoms with van der Waals surface area (Å²) in [6.07, 6.45) is 2.58. The first-order valence-electron chi connectivity index (χ1n) is 7.20. The molecule has 0 saturated heterocycles. The molecule has 0 saturated carbocycles. The zero-order chi connectivity index (χ0) is 15.5. The predicted molar refractivity (Wildman–Crippen MR) is 80.2 cm³/mol. The predicted octanol–water partition coefficient (Wildman–Crippen LogP) is 3.49. The van der Waals surface area contributed by atoms with Gasteiger partial charge in [0.05, 0.1) is 0 Å². The van der Waals surface area contributed by atoms with E-state index in [4.69, 9.17) is 10.3 Å². The van der Waals surface area contributed by atoms with Crippen molar-refractivity contribution in [3.8, 4) is 11.4 Å². The number of halogens is 1. The highest BCUT2D eigenvalue weighted by Gasteiger charge is 2.19. The van der Waals surface area contributed by atoms with Gasteiger partial charge in [-0.1, -0.05) is 19.0 Å². The van der Waals surface area contributed by atoms with Crippen LogP contribution in [0.5, 0.6) is 0 Å². The average molecular weight is 291 g/mol. The molecule has 0 fully saturated rings. The summed E-state index contributed by atoms with van der Waals surface area (Å²) in [4.78, 5) is 4.35. The van der Waals surface area contributed by atoms with Gasteiger partial charge in [-0.25, -0.2) is 4.39 Å². The Morgan fingerprint density at radius 1 is 1.24 bits per heavy atom. The van der Waals surface area contributed by atoms with Crippen LogP contribution in [0.1, 0.15) is 38.1 Å². The molecule has 0 aliphatic rings. The smallest absolute Gasteiger partial charge is 0.226 e. The van der Waals surface area contributed by atoms with E-state index in [-0.39, 0.29) is 11.2 Å². The summed E-state index contributed by atoms with van der Waals surface area (Å²) in [6, 6.07) is 4.73. The van der Waals surface area contributed by atoms with Crippen molar-refractivity contribution in [2.75, 3.05) is 6.54 Å². The van der Waals surface area contributed by atoms with Crippen LogP contribution in [-0.4, -0.2) is 16.7 Å². The van der Waals surface area contributed by atoms with Crippen molar-refractivity contribution in [3.63, 3.8) is 0 Å². The van der Waals surface area contributed by atoms with Crippen LogP contribution in [0.25, 0.3) is 11.4 Å². The Hall–Kier alpha value is -1.75. The van der Waals surface area contributed by atoms with E-state index in [9.17, 15) is 4.39 Å². The molecule has 1 aromatic carbocycles. The molecule has 0 amide bonds. The number of aryl methyl sites for hydroxylation is 2. The van der Waals surface area contributed by atoms with Crippen LogP contribution in [0.15, 0.2) is 22.7 Å². The maximum Gasteiger partial charge on any atom is 0.226 e. The van der Waals surface area contributed by atoms with Gasteiger partial charge >= 0.3 is 0 Å². The van der Waals surface area contributed by atoms with Crippen molar-refractivity contribution in [1.82, 2.24) is 10.1 Å². The molecule has 2 rings (SSSR count). The molecule has 0 unspecified atom stereocenters. The highest BCUT2D eigenvalue weighted by Crippen LogP contribution is 2.26. The van der Waals surface area contributed by atoms with Gasteiger partial charge in [0.1, 0.15) is 5.82 Å². The Balaban J connectivity index is 2.08. The molecule has 0 aliphatic heterocycles. The SMILES string of the molecule is Cc1cc(F)cc(-c2noc(CCC(C)(C)CCN)n2)c1. The van der Waals surface area contributed by atoms with E-state index < -0.39 is 0 Å². The van der Waals surface area contributed by atoms with Crippen LogP contribution < -0.4 is 5.73 Å². The van der Waals surface area contributed by atoms with E-state index in [1.54, 1.807) is 0 Å². The largest absolute Gasteiger partial charge is 0.339 e. The first kappa shape index (κ1) is 15.6. The molecule has 0 aliphatic carbocycles. The number of aromatic nitrogens is 2. The molecule has 114 valence electrons. The summed E-state index contributed by atoms with van der Waals surface area (Å²) >= 11 is 0. The number of hydrogen-bond acceptors (Lipinski definition) is 4. The summed E-state index contributed by atoms with van der Waals surface area (Å²) < 4.78 is 18.7. The minimum Gasteiger partial charge on any atom is -0.339 e. The van der Waals surface area contributed by atoms with Crippen molar-refractivity contribution in [2.24, 2.45) is 11.1 Å². The minimum atomic E-state index is -0.291. The van der Waals surface area contributed by atoms with Crippen LogP contribution in [0.3, 0.4) is 0 Å². The van der Waals surface area contributed by atoms with Gasteiger partial charge < -0.3 is 10.3 Å². The van der Waals surface area contributed by atoms with Crippen molar-refractivity contribution in [3.05, 3.63) is 35.5 Å². The van der Waals surface area contributed by atoms with E-state index in [2.05, 4.69) is 24.0 Å². The Morgan fingerprint density at radius 3 is 2.67 bits per heavy atom. The number of rotatable bonds is 6. The third-order valence-electron chi connectivity index (χ3n) is 3.61. The molecular weight excluding hydrogens is 269 g/mol. The monoisotopic (exact) mass is 291 g/mol. The van der Waals surface area contributed by atoms with E-state index >= 15 is 0 Å². The molecular formula is C16H22FN3O. The third-order valence-corrected chi connectivity index (χ3v) is 3.61. The molecule has 0 atom stereocenters. The van der Waals surface area contributed by atoms with Crippen molar-refractivity contribution in [1.29, 1.82) is 0 Å². The van der Waals surface area contributed by atoms with Crippen LogP contribution >= 0.6 is 0 Å². The Bertz CT molecular complexity index is 587. The van der Waals surface area contributed by atoms with Gasteiger partial charge in [0.25, 0.3) is 0 Å². The maximum absolute atomic E-state index is 13.4. The second kappa shape index (κ2) is 6.35. The van der Waals surface area contributed by atoms with Gasteiger partial charge in [-0.2, -0.15) is 4.98 Å². The second-order valence-electron chi connectivity index (χ2n) is 6.23. The van der Waals surface area contributed by atoms with E-state index in [1.807, 2.05) is 13.0 Å². The van der Waals surface area contributed by atoms with Gasteiger partial charge in [0.2, 0.25) is 11.7 Å². The van der Waals surface area contributed by atoms with Crippen LogP contribution in [0.2, 0.25) is 0 Å². The lowest BCUT2D eigenvalue weighted by Crippen LogP contribution is -2.17. The fourth-order valence-corrected chi connectivity index (χ4v) is 2.30. The lowest BCUT2D eigenvalue weighted by Gasteiger charge is -2.22. The molecule has 0 bridgehead atoms. The summed E-state index contributed by atoms with van der Waals surface area (Å²) in [5.74, 6) is 0.724. The van der Waals surface area contributed by atoms with Gasteiger partial charge in [0.15, 0.2) is 0 Å². The van der Waals surface area contributed by atoms with Gasteiger partial charge in [-0.05, 0) is 55.5 Å². The molecule has 1 heterocycles. The molecule has 5 heteroatoms. The molecule has 2 N–H and O–H groups in total. The highest BCUT2D eigenvalue weighted by atomic mass is 19.1. The first-order chi connectivity index (χ1) is 9.89. The Morgan fingerprint density at radius 2 is 2.00 bits per heavy atom. The lowest BCUT2D eigenvalue weighted by molar-refractivity contribution is 0.289. The summed E-state index contributed by atoms with van der Waals surface area (Å²) in [7, 11) is 0. The number of hydrogen-bond donors (Lipinski definition) is 1. The first-order valence-corrected chi connectivity index (χ1v) is 7.20. The van der Waals surface area contributed by atoms with Gasteiger partial charge in [-0.3, -0.25) is 0 Å². The molecule has 0 radical (unpaired) electrons. The van der Waals surface area contributed by atoms with E-state index in [0.717, 1.165) is 18.4 Å². The lowest BCUT2D eigenvalue weighted by atomic mass is 9.84. The molecule has 1 aromatic heterocycles. The molecule has 2 aromatic rings. The normalized spacial score (nSPS) is 11.9. The van der Waals surface area contributed by atoms with Crippen LogP contribution in [-0.2, 0) is 6.42 Å². The summed E-state index contributed by atoms with van der Waals surface area (Å²) in [6.45, 7) is 6.85. The van der Waals surface area contributed by atoms with Crippen LogP contribution in [0, 0.1) is 18.2 Å². The van der Waals surface area contributed by atoms with Crippen molar-refractivity contribution >= 4 is 0 Å². The topological polar surface area (TPSA) is 64.9 Å².